The monoisotopic (exact) mass is 243 g/mol. The molecule has 0 bridgehead atoms. The van der Waals surface area contributed by atoms with Crippen molar-refractivity contribution in [3.05, 3.63) is 15.6 Å². The number of aliphatic carboxylic acids is 1. The number of nitrogens with zero attached hydrogens (tertiary/aromatic N) is 1. The molecule has 1 rings (SSSR count). The van der Waals surface area contributed by atoms with Gasteiger partial charge in [-0.25, -0.2) is 4.98 Å². The van der Waals surface area contributed by atoms with Crippen LogP contribution in [0.25, 0.3) is 0 Å². The number of methoxy groups -OCH3 is 1. The standard InChI is InChI=1S/C11H17NO3S/c1-7(2)4-10-12-8(6-15-3)9(16-10)5-11(13)14/h7H,4-6H2,1-3H3,(H,13,14). The van der Waals surface area contributed by atoms with Crippen molar-refractivity contribution in [2.75, 3.05) is 7.11 Å². The Morgan fingerprint density at radius 3 is 2.75 bits per heavy atom. The number of carboxylic acids is 1. The lowest BCUT2D eigenvalue weighted by Crippen LogP contribution is -2.02. The largest absolute Gasteiger partial charge is 0.481 e. The number of carboxylic acid groups (broad SMARTS) is 1. The van der Waals surface area contributed by atoms with Gasteiger partial charge in [0, 0.05) is 18.4 Å². The summed E-state index contributed by atoms with van der Waals surface area (Å²) in [5, 5.41) is 9.79. The van der Waals surface area contributed by atoms with Gasteiger partial charge >= 0.3 is 5.97 Å². The first-order valence-electron chi connectivity index (χ1n) is 5.21. The highest BCUT2D eigenvalue weighted by molar-refractivity contribution is 7.11. The molecule has 0 atom stereocenters. The van der Waals surface area contributed by atoms with Gasteiger partial charge in [-0.1, -0.05) is 13.8 Å². The van der Waals surface area contributed by atoms with Crippen LogP contribution in [0.5, 0.6) is 0 Å². The maximum Gasteiger partial charge on any atom is 0.308 e. The third-order valence-corrected chi connectivity index (χ3v) is 3.12. The third kappa shape index (κ3) is 3.90. The van der Waals surface area contributed by atoms with Crippen molar-refractivity contribution in [1.29, 1.82) is 0 Å². The van der Waals surface area contributed by atoms with Gasteiger partial charge < -0.3 is 9.84 Å². The second-order valence-corrected chi connectivity index (χ2v) is 5.25. The molecule has 90 valence electrons. The van der Waals surface area contributed by atoms with Gasteiger partial charge in [-0.05, 0) is 5.92 Å². The van der Waals surface area contributed by atoms with Crippen LogP contribution in [-0.4, -0.2) is 23.2 Å². The zero-order valence-corrected chi connectivity index (χ0v) is 10.6. The zero-order chi connectivity index (χ0) is 12.1. The van der Waals surface area contributed by atoms with Gasteiger partial charge in [0.05, 0.1) is 23.7 Å². The smallest absolute Gasteiger partial charge is 0.308 e. The number of carbonyl (C=O) groups is 1. The number of thiazole rings is 1. The van der Waals surface area contributed by atoms with Crippen molar-refractivity contribution in [3.63, 3.8) is 0 Å². The molecule has 4 nitrogen and oxygen atoms in total. The fraction of sp³-hybridized carbons (Fsp3) is 0.636. The van der Waals surface area contributed by atoms with Crippen LogP contribution in [0.2, 0.25) is 0 Å². The quantitative estimate of drug-likeness (QED) is 0.831. The summed E-state index contributed by atoms with van der Waals surface area (Å²) in [6.07, 6.45) is 0.926. The molecule has 0 aliphatic rings. The molecule has 0 fully saturated rings. The summed E-state index contributed by atoms with van der Waals surface area (Å²) in [7, 11) is 1.59. The summed E-state index contributed by atoms with van der Waals surface area (Å²) in [6, 6.07) is 0. The molecule has 0 saturated heterocycles. The van der Waals surface area contributed by atoms with Crippen molar-refractivity contribution in [1.82, 2.24) is 4.98 Å². The first-order valence-corrected chi connectivity index (χ1v) is 6.02. The maximum atomic E-state index is 10.7. The molecule has 1 aromatic rings. The average Bonchev–Trinajstić information content (AvgIpc) is 2.46. The van der Waals surface area contributed by atoms with Crippen LogP contribution < -0.4 is 0 Å². The minimum absolute atomic E-state index is 0.0362. The molecule has 0 radical (unpaired) electrons. The molecule has 0 aromatic carbocycles. The van der Waals surface area contributed by atoms with E-state index in [-0.39, 0.29) is 6.42 Å². The van der Waals surface area contributed by atoms with Crippen LogP contribution in [0.1, 0.15) is 29.4 Å². The fourth-order valence-corrected chi connectivity index (χ4v) is 2.67. The van der Waals surface area contributed by atoms with Gasteiger partial charge in [0.1, 0.15) is 0 Å². The van der Waals surface area contributed by atoms with E-state index >= 15 is 0 Å². The molecule has 16 heavy (non-hydrogen) atoms. The molecule has 0 unspecified atom stereocenters. The normalized spacial score (nSPS) is 11.0. The molecular weight excluding hydrogens is 226 g/mol. The van der Waals surface area contributed by atoms with Crippen molar-refractivity contribution < 1.29 is 14.6 Å². The van der Waals surface area contributed by atoms with Crippen molar-refractivity contribution in [2.24, 2.45) is 5.92 Å². The van der Waals surface area contributed by atoms with Gasteiger partial charge in [-0.2, -0.15) is 0 Å². The Hall–Kier alpha value is -0.940. The Morgan fingerprint density at radius 2 is 2.25 bits per heavy atom. The van der Waals surface area contributed by atoms with E-state index in [0.29, 0.717) is 12.5 Å². The van der Waals surface area contributed by atoms with Crippen LogP contribution >= 0.6 is 11.3 Å². The first kappa shape index (κ1) is 13.1. The van der Waals surface area contributed by atoms with E-state index in [4.69, 9.17) is 9.84 Å². The van der Waals surface area contributed by atoms with E-state index < -0.39 is 5.97 Å². The molecule has 0 spiro atoms. The highest BCUT2D eigenvalue weighted by Crippen LogP contribution is 2.22. The minimum Gasteiger partial charge on any atom is -0.481 e. The predicted molar refractivity (Wildman–Crippen MR) is 62.7 cm³/mol. The van der Waals surface area contributed by atoms with Gasteiger partial charge in [0.25, 0.3) is 0 Å². The number of hydrogen-bond donors (Lipinski definition) is 1. The number of rotatable bonds is 6. The number of hydrogen-bond acceptors (Lipinski definition) is 4. The summed E-state index contributed by atoms with van der Waals surface area (Å²) in [5.74, 6) is -0.295. The Labute approximate surface area is 99.3 Å². The molecule has 0 amide bonds. The van der Waals surface area contributed by atoms with E-state index in [2.05, 4.69) is 18.8 Å². The fourth-order valence-electron chi connectivity index (χ4n) is 1.40. The number of ether oxygens (including phenoxy) is 1. The van der Waals surface area contributed by atoms with Crippen molar-refractivity contribution >= 4 is 17.3 Å². The highest BCUT2D eigenvalue weighted by atomic mass is 32.1. The topological polar surface area (TPSA) is 59.4 Å². The van der Waals surface area contributed by atoms with Crippen LogP contribution in [0.4, 0.5) is 0 Å². The van der Waals surface area contributed by atoms with E-state index in [1.165, 1.54) is 11.3 Å². The van der Waals surface area contributed by atoms with Crippen molar-refractivity contribution in [3.8, 4) is 0 Å². The molecule has 1 aromatic heterocycles. The van der Waals surface area contributed by atoms with Gasteiger partial charge in [0.2, 0.25) is 0 Å². The first-order chi connectivity index (χ1) is 7.52. The van der Waals surface area contributed by atoms with Crippen molar-refractivity contribution in [2.45, 2.75) is 33.3 Å². The highest BCUT2D eigenvalue weighted by Gasteiger charge is 2.14. The van der Waals surface area contributed by atoms with Crippen LogP contribution in [0.15, 0.2) is 0 Å². The summed E-state index contributed by atoms with van der Waals surface area (Å²) in [4.78, 5) is 15.9. The van der Waals surface area contributed by atoms with Crippen LogP contribution in [0, 0.1) is 5.92 Å². The summed E-state index contributed by atoms with van der Waals surface area (Å²) < 4.78 is 5.02. The molecule has 0 saturated carbocycles. The van der Waals surface area contributed by atoms with Crippen LogP contribution in [-0.2, 0) is 29.0 Å². The summed E-state index contributed by atoms with van der Waals surface area (Å²) >= 11 is 1.48. The van der Waals surface area contributed by atoms with E-state index in [1.807, 2.05) is 0 Å². The van der Waals surface area contributed by atoms with E-state index in [1.54, 1.807) is 7.11 Å². The maximum absolute atomic E-state index is 10.7. The molecular formula is C11H17NO3S. The second-order valence-electron chi connectivity index (χ2n) is 4.08. The van der Waals surface area contributed by atoms with E-state index in [0.717, 1.165) is 22.0 Å². The summed E-state index contributed by atoms with van der Waals surface area (Å²) in [6.45, 7) is 4.62. The van der Waals surface area contributed by atoms with Gasteiger partial charge in [-0.15, -0.1) is 11.3 Å². The lowest BCUT2D eigenvalue weighted by molar-refractivity contribution is -0.136. The molecule has 0 aliphatic heterocycles. The second kappa shape index (κ2) is 5.96. The molecule has 0 aliphatic carbocycles. The van der Waals surface area contributed by atoms with Gasteiger partial charge in [-0.3, -0.25) is 4.79 Å². The average molecular weight is 243 g/mol. The zero-order valence-electron chi connectivity index (χ0n) is 9.82. The summed E-state index contributed by atoms with van der Waals surface area (Å²) in [5.41, 5.74) is 0.769. The Bertz CT molecular complexity index is 360. The molecule has 1 N–H and O–H groups in total. The third-order valence-electron chi connectivity index (χ3n) is 2.00. The molecule has 5 heteroatoms. The predicted octanol–water partition coefficient (Wildman–Crippen LogP) is 2.12. The van der Waals surface area contributed by atoms with Gasteiger partial charge in [0.15, 0.2) is 0 Å². The SMILES string of the molecule is COCc1nc(CC(C)C)sc1CC(=O)O. The lowest BCUT2D eigenvalue weighted by atomic mass is 10.1. The Balaban J connectivity index is 2.85. The Kier molecular flexibility index (Phi) is 4.89. The lowest BCUT2D eigenvalue weighted by Gasteiger charge is -1.98. The van der Waals surface area contributed by atoms with Crippen LogP contribution in [0.3, 0.4) is 0 Å². The number of aromatic nitrogens is 1. The van der Waals surface area contributed by atoms with E-state index in [9.17, 15) is 4.79 Å². The minimum atomic E-state index is -0.822. The Morgan fingerprint density at radius 1 is 1.56 bits per heavy atom. The molecule has 1 heterocycles.